The minimum absolute atomic E-state index is 0.0654. The zero-order chi connectivity index (χ0) is 24.8. The second-order valence-corrected chi connectivity index (χ2v) is 7.48. The summed E-state index contributed by atoms with van der Waals surface area (Å²) in [5.41, 5.74) is 2.63. The summed E-state index contributed by atoms with van der Waals surface area (Å²) in [6, 6.07) is 20.2. The van der Waals surface area contributed by atoms with Crippen LogP contribution >= 0.6 is 0 Å². The van der Waals surface area contributed by atoms with Gasteiger partial charge in [-0.3, -0.25) is 19.7 Å². The maximum atomic E-state index is 13.0. The van der Waals surface area contributed by atoms with Gasteiger partial charge in [0.2, 0.25) is 0 Å². The molecule has 10 heteroatoms. The highest BCUT2D eigenvalue weighted by Gasteiger charge is 2.18. The van der Waals surface area contributed by atoms with Crippen molar-refractivity contribution in [2.45, 2.75) is 6.42 Å². The predicted molar refractivity (Wildman–Crippen MR) is 125 cm³/mol. The summed E-state index contributed by atoms with van der Waals surface area (Å²) in [7, 11) is 0. The molecule has 0 aliphatic rings. The first-order chi connectivity index (χ1) is 16.9. The zero-order valence-electron chi connectivity index (χ0n) is 18.3. The number of hydrogen-bond acceptors (Lipinski definition) is 6. The highest BCUT2D eigenvalue weighted by molar-refractivity contribution is 5.93. The third kappa shape index (κ3) is 5.93. The maximum Gasteiger partial charge on any atom is 0.310 e. The van der Waals surface area contributed by atoms with Gasteiger partial charge in [-0.25, -0.2) is 9.07 Å². The molecule has 0 saturated heterocycles. The Labute approximate surface area is 198 Å². The smallest absolute Gasteiger partial charge is 0.310 e. The second kappa shape index (κ2) is 10.4. The number of nitro benzene ring substituents is 1. The molecule has 0 spiro atoms. The van der Waals surface area contributed by atoms with Crippen molar-refractivity contribution in [3.63, 3.8) is 0 Å². The van der Waals surface area contributed by atoms with Crippen LogP contribution in [-0.4, -0.2) is 33.2 Å². The van der Waals surface area contributed by atoms with Gasteiger partial charge in [-0.15, -0.1) is 0 Å². The Balaban J connectivity index is 1.49. The predicted octanol–water partition coefficient (Wildman–Crippen LogP) is 4.31. The molecule has 0 atom stereocenters. The van der Waals surface area contributed by atoms with E-state index >= 15 is 0 Å². The number of carbonyl (C=O) groups excluding carboxylic acids is 2. The molecular weight excluding hydrogens is 455 g/mol. The number of rotatable bonds is 8. The molecule has 1 N–H and O–H groups in total. The average Bonchev–Trinajstić information content (AvgIpc) is 3.28. The first kappa shape index (κ1) is 23.3. The molecule has 35 heavy (non-hydrogen) atoms. The van der Waals surface area contributed by atoms with Crippen molar-refractivity contribution in [1.82, 2.24) is 9.78 Å². The molecule has 4 aromatic rings. The lowest BCUT2D eigenvalue weighted by Crippen LogP contribution is -2.21. The van der Waals surface area contributed by atoms with Gasteiger partial charge in [0.1, 0.15) is 5.82 Å². The van der Waals surface area contributed by atoms with Crippen LogP contribution < -0.4 is 5.32 Å². The van der Waals surface area contributed by atoms with Crippen LogP contribution in [0.15, 0.2) is 85.1 Å². The monoisotopic (exact) mass is 474 g/mol. The van der Waals surface area contributed by atoms with Crippen molar-refractivity contribution in [3.8, 4) is 16.9 Å². The van der Waals surface area contributed by atoms with Gasteiger partial charge in [-0.05, 0) is 48.5 Å². The Bertz CT molecular complexity index is 1350. The first-order valence-electron chi connectivity index (χ1n) is 10.5. The summed E-state index contributed by atoms with van der Waals surface area (Å²) in [5.74, 6) is -1.66. The number of para-hydroxylation sites is 1. The number of nitro groups is 1. The number of non-ortho nitro benzene ring substituents is 1. The fraction of sp³-hybridized carbons (Fsp3) is 0.0800. The van der Waals surface area contributed by atoms with E-state index < -0.39 is 29.2 Å². The van der Waals surface area contributed by atoms with Crippen molar-refractivity contribution in [2.24, 2.45) is 0 Å². The van der Waals surface area contributed by atoms with Crippen LogP contribution in [0.25, 0.3) is 16.9 Å². The number of nitrogens with zero attached hydrogens (tertiary/aromatic N) is 3. The van der Waals surface area contributed by atoms with Crippen LogP contribution in [0.2, 0.25) is 0 Å². The summed E-state index contributed by atoms with van der Waals surface area (Å²) in [4.78, 5) is 35.1. The van der Waals surface area contributed by atoms with Crippen LogP contribution in [0, 0.1) is 15.9 Å². The van der Waals surface area contributed by atoms with E-state index in [1.165, 1.54) is 36.4 Å². The van der Waals surface area contributed by atoms with Gasteiger partial charge in [0.15, 0.2) is 6.61 Å². The Hall–Kier alpha value is -4.86. The number of esters is 1. The van der Waals surface area contributed by atoms with E-state index in [0.717, 1.165) is 5.69 Å². The number of aromatic nitrogens is 2. The van der Waals surface area contributed by atoms with Crippen LogP contribution in [-0.2, 0) is 20.7 Å². The molecule has 176 valence electrons. The quantitative estimate of drug-likeness (QED) is 0.231. The van der Waals surface area contributed by atoms with Crippen LogP contribution in [0.3, 0.4) is 0 Å². The number of ether oxygens (including phenoxy) is 1. The molecule has 1 aromatic heterocycles. The Morgan fingerprint density at radius 3 is 2.34 bits per heavy atom. The van der Waals surface area contributed by atoms with E-state index in [-0.39, 0.29) is 12.1 Å². The lowest BCUT2D eigenvalue weighted by atomic mass is 10.1. The normalized spacial score (nSPS) is 10.5. The van der Waals surface area contributed by atoms with Gasteiger partial charge in [0, 0.05) is 35.1 Å². The molecule has 0 unspecified atom stereocenters. The van der Waals surface area contributed by atoms with E-state index in [4.69, 9.17) is 4.74 Å². The largest absolute Gasteiger partial charge is 0.455 e. The van der Waals surface area contributed by atoms with Gasteiger partial charge in [0.25, 0.3) is 11.6 Å². The molecule has 1 heterocycles. The first-order valence-corrected chi connectivity index (χ1v) is 10.5. The summed E-state index contributed by atoms with van der Waals surface area (Å²) in [6.45, 7) is -0.518. The summed E-state index contributed by atoms with van der Waals surface area (Å²) in [6.07, 6.45) is 1.49. The molecule has 0 radical (unpaired) electrons. The molecule has 0 saturated carbocycles. The lowest BCUT2D eigenvalue weighted by molar-refractivity contribution is -0.384. The Morgan fingerprint density at radius 2 is 1.69 bits per heavy atom. The third-order valence-electron chi connectivity index (χ3n) is 4.99. The highest BCUT2D eigenvalue weighted by atomic mass is 19.1. The maximum absolute atomic E-state index is 13.0. The summed E-state index contributed by atoms with van der Waals surface area (Å²) in [5, 5.41) is 18.1. The fourth-order valence-corrected chi connectivity index (χ4v) is 3.32. The van der Waals surface area contributed by atoms with Gasteiger partial charge < -0.3 is 10.1 Å². The van der Waals surface area contributed by atoms with Gasteiger partial charge in [-0.1, -0.05) is 18.2 Å². The number of hydrogen-bond donors (Lipinski definition) is 1. The van der Waals surface area contributed by atoms with Crippen LogP contribution in [0.5, 0.6) is 0 Å². The van der Waals surface area contributed by atoms with Crippen molar-refractivity contribution in [1.29, 1.82) is 0 Å². The van der Waals surface area contributed by atoms with Crippen LogP contribution in [0.4, 0.5) is 15.8 Å². The molecule has 0 bridgehead atoms. The van der Waals surface area contributed by atoms with E-state index in [1.807, 2.05) is 30.3 Å². The number of nitrogens with one attached hydrogen (secondary N) is 1. The average molecular weight is 474 g/mol. The SMILES string of the molecule is O=C(COC(=O)Cc1cn(-c2ccccc2)nc1-c1ccc([N+](=O)[O-])cc1)Nc1ccc(F)cc1. The Morgan fingerprint density at radius 1 is 1.00 bits per heavy atom. The Kier molecular flexibility index (Phi) is 6.91. The molecule has 9 nitrogen and oxygen atoms in total. The van der Waals surface area contributed by atoms with E-state index in [2.05, 4.69) is 10.4 Å². The standard InChI is InChI=1S/C25H19FN4O5/c26-19-8-10-20(11-9-19)27-23(31)16-35-24(32)14-18-15-29(21-4-2-1-3-5-21)28-25(18)17-6-12-22(13-7-17)30(33)34/h1-13,15H,14,16H2,(H,27,31). The minimum Gasteiger partial charge on any atom is -0.455 e. The summed E-state index contributed by atoms with van der Waals surface area (Å²) < 4.78 is 19.7. The zero-order valence-corrected chi connectivity index (χ0v) is 18.3. The molecule has 0 fully saturated rings. The number of halogens is 1. The van der Waals surface area contributed by atoms with E-state index in [0.29, 0.717) is 22.5 Å². The van der Waals surface area contributed by atoms with Crippen molar-refractivity contribution < 1.29 is 23.6 Å². The third-order valence-corrected chi connectivity index (χ3v) is 4.99. The number of amides is 1. The van der Waals surface area contributed by atoms with Crippen LogP contribution in [0.1, 0.15) is 5.56 Å². The highest BCUT2D eigenvalue weighted by Crippen LogP contribution is 2.26. The molecule has 0 aliphatic carbocycles. The molecule has 1 amide bonds. The van der Waals surface area contributed by atoms with Gasteiger partial charge in [-0.2, -0.15) is 5.10 Å². The minimum atomic E-state index is -0.657. The summed E-state index contributed by atoms with van der Waals surface area (Å²) >= 11 is 0. The second-order valence-electron chi connectivity index (χ2n) is 7.48. The topological polar surface area (TPSA) is 116 Å². The van der Waals surface area contributed by atoms with Crippen molar-refractivity contribution in [3.05, 3.63) is 107 Å². The van der Waals surface area contributed by atoms with Crippen molar-refractivity contribution >= 4 is 23.3 Å². The van der Waals surface area contributed by atoms with E-state index in [9.17, 15) is 24.1 Å². The van der Waals surface area contributed by atoms with Gasteiger partial charge in [0.05, 0.1) is 22.7 Å². The van der Waals surface area contributed by atoms with Gasteiger partial charge >= 0.3 is 5.97 Å². The molecule has 0 aliphatic heterocycles. The molecule has 4 rings (SSSR count). The molecular formula is C25H19FN4O5. The lowest BCUT2D eigenvalue weighted by Gasteiger charge is -2.07. The number of anilines is 1. The number of benzene rings is 3. The fourth-order valence-electron chi connectivity index (χ4n) is 3.32. The molecule has 3 aromatic carbocycles. The number of carbonyl (C=O) groups is 2. The van der Waals surface area contributed by atoms with E-state index in [1.54, 1.807) is 23.0 Å². The van der Waals surface area contributed by atoms with Crippen molar-refractivity contribution in [2.75, 3.05) is 11.9 Å².